The number of alkyl halides is 1. The standard InChI is InChI=1S/C14H15BrOS/c1-3-16-13-5-4-10(2)8-12(13)14(15)11-6-7-17-9-11/h4-9,14H,3H2,1-2H3. The first-order chi connectivity index (χ1) is 8.22. The zero-order valence-corrected chi connectivity index (χ0v) is 12.3. The molecule has 17 heavy (non-hydrogen) atoms. The van der Waals surface area contributed by atoms with Crippen LogP contribution in [0.4, 0.5) is 0 Å². The van der Waals surface area contributed by atoms with Crippen LogP contribution >= 0.6 is 27.3 Å². The number of rotatable bonds is 4. The Hall–Kier alpha value is -0.800. The normalized spacial score (nSPS) is 12.4. The van der Waals surface area contributed by atoms with E-state index >= 15 is 0 Å². The van der Waals surface area contributed by atoms with Gasteiger partial charge < -0.3 is 4.74 Å². The number of ether oxygens (including phenoxy) is 1. The molecule has 0 bridgehead atoms. The summed E-state index contributed by atoms with van der Waals surface area (Å²) in [7, 11) is 0. The summed E-state index contributed by atoms with van der Waals surface area (Å²) in [5, 5.41) is 4.26. The molecule has 0 amide bonds. The predicted molar refractivity (Wildman–Crippen MR) is 77.4 cm³/mol. The Balaban J connectivity index is 2.38. The van der Waals surface area contributed by atoms with E-state index in [9.17, 15) is 0 Å². The van der Waals surface area contributed by atoms with Crippen LogP contribution < -0.4 is 4.74 Å². The molecular weight excluding hydrogens is 296 g/mol. The van der Waals surface area contributed by atoms with Crippen LogP contribution in [-0.2, 0) is 0 Å². The molecule has 1 atom stereocenters. The molecule has 1 nitrogen and oxygen atoms in total. The van der Waals surface area contributed by atoms with Gasteiger partial charge in [0.25, 0.3) is 0 Å². The lowest BCUT2D eigenvalue weighted by Gasteiger charge is -2.15. The molecule has 2 rings (SSSR count). The molecular formula is C14H15BrOS. The molecule has 0 saturated carbocycles. The molecule has 0 aliphatic heterocycles. The third kappa shape index (κ3) is 2.90. The number of thiophene rings is 1. The Labute approximate surface area is 115 Å². The minimum absolute atomic E-state index is 0.204. The molecule has 0 radical (unpaired) electrons. The smallest absolute Gasteiger partial charge is 0.123 e. The van der Waals surface area contributed by atoms with Crippen LogP contribution in [0.15, 0.2) is 35.0 Å². The highest BCUT2D eigenvalue weighted by atomic mass is 79.9. The lowest BCUT2D eigenvalue weighted by Crippen LogP contribution is -1.99. The Bertz CT molecular complexity index is 479. The third-order valence-corrected chi connectivity index (χ3v) is 4.30. The highest BCUT2D eigenvalue weighted by molar-refractivity contribution is 9.09. The first-order valence-electron chi connectivity index (χ1n) is 5.62. The van der Waals surface area contributed by atoms with E-state index in [2.05, 4.69) is 57.9 Å². The molecule has 1 aromatic heterocycles. The number of aryl methyl sites for hydroxylation is 1. The van der Waals surface area contributed by atoms with Crippen molar-refractivity contribution in [3.63, 3.8) is 0 Å². The van der Waals surface area contributed by atoms with E-state index < -0.39 is 0 Å². The first kappa shape index (κ1) is 12.7. The minimum atomic E-state index is 0.204. The summed E-state index contributed by atoms with van der Waals surface area (Å²) < 4.78 is 5.68. The monoisotopic (exact) mass is 310 g/mol. The maximum absolute atomic E-state index is 5.68. The topological polar surface area (TPSA) is 9.23 Å². The summed E-state index contributed by atoms with van der Waals surface area (Å²) >= 11 is 5.47. The van der Waals surface area contributed by atoms with E-state index in [0.717, 1.165) is 5.75 Å². The van der Waals surface area contributed by atoms with Crippen LogP contribution in [-0.4, -0.2) is 6.61 Å². The summed E-state index contributed by atoms with van der Waals surface area (Å²) in [6.45, 7) is 4.81. The number of halogens is 1. The summed E-state index contributed by atoms with van der Waals surface area (Å²) in [5.74, 6) is 0.964. The van der Waals surface area contributed by atoms with Gasteiger partial charge in [-0.2, -0.15) is 11.3 Å². The van der Waals surface area contributed by atoms with Crippen molar-refractivity contribution in [1.82, 2.24) is 0 Å². The van der Waals surface area contributed by atoms with Gasteiger partial charge in [0.05, 0.1) is 11.4 Å². The van der Waals surface area contributed by atoms with Gasteiger partial charge in [-0.05, 0) is 42.3 Å². The zero-order valence-electron chi connectivity index (χ0n) is 9.94. The molecule has 0 fully saturated rings. The first-order valence-corrected chi connectivity index (χ1v) is 7.47. The molecule has 0 aliphatic carbocycles. The second kappa shape index (κ2) is 5.69. The van der Waals surface area contributed by atoms with Gasteiger partial charge in [-0.15, -0.1) is 0 Å². The van der Waals surface area contributed by atoms with Crippen molar-refractivity contribution in [2.75, 3.05) is 6.61 Å². The summed E-state index contributed by atoms with van der Waals surface area (Å²) in [5.41, 5.74) is 3.73. The lowest BCUT2D eigenvalue weighted by molar-refractivity contribution is 0.337. The van der Waals surface area contributed by atoms with Crippen molar-refractivity contribution in [2.45, 2.75) is 18.7 Å². The van der Waals surface area contributed by atoms with Gasteiger partial charge in [-0.1, -0.05) is 33.6 Å². The van der Waals surface area contributed by atoms with E-state index in [-0.39, 0.29) is 4.83 Å². The molecule has 1 aromatic carbocycles. The van der Waals surface area contributed by atoms with Crippen LogP contribution in [0.3, 0.4) is 0 Å². The second-order valence-electron chi connectivity index (χ2n) is 3.89. The Morgan fingerprint density at radius 1 is 1.35 bits per heavy atom. The quantitative estimate of drug-likeness (QED) is 0.727. The molecule has 0 saturated heterocycles. The average Bonchev–Trinajstić information content (AvgIpc) is 2.84. The fraction of sp³-hybridized carbons (Fsp3) is 0.286. The maximum Gasteiger partial charge on any atom is 0.123 e. The molecule has 0 spiro atoms. The maximum atomic E-state index is 5.68. The Morgan fingerprint density at radius 3 is 2.82 bits per heavy atom. The van der Waals surface area contributed by atoms with Crippen molar-refractivity contribution < 1.29 is 4.74 Å². The molecule has 3 heteroatoms. The van der Waals surface area contributed by atoms with Gasteiger partial charge in [0.15, 0.2) is 0 Å². The van der Waals surface area contributed by atoms with Crippen LogP contribution in [0.2, 0.25) is 0 Å². The van der Waals surface area contributed by atoms with Crippen molar-refractivity contribution in [1.29, 1.82) is 0 Å². The van der Waals surface area contributed by atoms with E-state index in [4.69, 9.17) is 4.74 Å². The summed E-state index contributed by atoms with van der Waals surface area (Å²) in [6.07, 6.45) is 0. The van der Waals surface area contributed by atoms with Crippen LogP contribution in [0.5, 0.6) is 5.75 Å². The second-order valence-corrected chi connectivity index (χ2v) is 5.59. The van der Waals surface area contributed by atoms with Crippen molar-refractivity contribution >= 4 is 27.3 Å². The van der Waals surface area contributed by atoms with Crippen LogP contribution in [0.1, 0.15) is 28.4 Å². The van der Waals surface area contributed by atoms with Crippen LogP contribution in [0, 0.1) is 6.92 Å². The van der Waals surface area contributed by atoms with Gasteiger partial charge in [-0.25, -0.2) is 0 Å². The highest BCUT2D eigenvalue weighted by Gasteiger charge is 2.15. The highest BCUT2D eigenvalue weighted by Crippen LogP contribution is 2.37. The third-order valence-electron chi connectivity index (χ3n) is 2.57. The summed E-state index contributed by atoms with van der Waals surface area (Å²) in [6, 6.07) is 8.46. The van der Waals surface area contributed by atoms with E-state index in [1.165, 1.54) is 16.7 Å². The van der Waals surface area contributed by atoms with E-state index in [1.54, 1.807) is 11.3 Å². The van der Waals surface area contributed by atoms with Gasteiger partial charge in [0, 0.05) is 5.56 Å². The average molecular weight is 311 g/mol. The molecule has 0 aliphatic rings. The SMILES string of the molecule is CCOc1ccc(C)cc1C(Br)c1ccsc1. The lowest BCUT2D eigenvalue weighted by atomic mass is 10.0. The zero-order chi connectivity index (χ0) is 12.3. The summed E-state index contributed by atoms with van der Waals surface area (Å²) in [4.78, 5) is 0.204. The van der Waals surface area contributed by atoms with Gasteiger partial charge in [0.2, 0.25) is 0 Å². The molecule has 90 valence electrons. The van der Waals surface area contributed by atoms with Gasteiger partial charge in [0.1, 0.15) is 5.75 Å². The minimum Gasteiger partial charge on any atom is -0.494 e. The number of benzene rings is 1. The fourth-order valence-electron chi connectivity index (χ4n) is 1.75. The van der Waals surface area contributed by atoms with Crippen molar-refractivity contribution in [2.24, 2.45) is 0 Å². The molecule has 1 unspecified atom stereocenters. The van der Waals surface area contributed by atoms with Crippen LogP contribution in [0.25, 0.3) is 0 Å². The van der Waals surface area contributed by atoms with E-state index in [1.807, 2.05) is 6.92 Å². The Morgan fingerprint density at radius 2 is 2.18 bits per heavy atom. The molecule has 0 N–H and O–H groups in total. The number of hydrogen-bond donors (Lipinski definition) is 0. The molecule has 1 heterocycles. The van der Waals surface area contributed by atoms with E-state index in [0.29, 0.717) is 6.61 Å². The predicted octanol–water partition coefficient (Wildman–Crippen LogP) is 4.94. The number of hydrogen-bond acceptors (Lipinski definition) is 2. The molecule has 2 aromatic rings. The van der Waals surface area contributed by atoms with Crippen molar-refractivity contribution in [3.8, 4) is 5.75 Å². The van der Waals surface area contributed by atoms with Gasteiger partial charge in [-0.3, -0.25) is 0 Å². The fourth-order valence-corrected chi connectivity index (χ4v) is 3.26. The Kier molecular flexibility index (Phi) is 4.24. The van der Waals surface area contributed by atoms with Crippen molar-refractivity contribution in [3.05, 3.63) is 51.7 Å². The largest absolute Gasteiger partial charge is 0.494 e. The van der Waals surface area contributed by atoms with Gasteiger partial charge >= 0.3 is 0 Å².